The Labute approximate surface area is 571 Å². The van der Waals surface area contributed by atoms with Crippen molar-refractivity contribution in [3.8, 4) is 11.5 Å². The zero-order valence-corrected chi connectivity index (χ0v) is 57.3. The molecule has 23 heteroatoms. The summed E-state index contributed by atoms with van der Waals surface area (Å²) in [5.74, 6) is -0.721. The van der Waals surface area contributed by atoms with Gasteiger partial charge in [-0.05, 0) is 186 Å². The first kappa shape index (κ1) is 77.9. The predicted octanol–water partition coefficient (Wildman–Crippen LogP) is 21.3. The first-order chi connectivity index (χ1) is 40.5. The van der Waals surface area contributed by atoms with Crippen LogP contribution in [0.2, 0.25) is 40.2 Å². The zero-order valence-electron chi connectivity index (χ0n) is 48.2. The molecule has 87 heavy (non-hydrogen) atoms. The van der Waals surface area contributed by atoms with E-state index in [0.29, 0.717) is 57.3 Å². The van der Waals surface area contributed by atoms with Gasteiger partial charge in [-0.25, -0.2) is 0 Å². The molecule has 8 aromatic carbocycles. The topological polar surface area (TPSA) is 137 Å². The molecule has 0 bridgehead atoms. The molecule has 0 spiro atoms. The van der Waals surface area contributed by atoms with E-state index >= 15 is 0 Å². The molecule has 0 aromatic heterocycles. The first-order valence-electron chi connectivity index (χ1n) is 25.5. The van der Waals surface area contributed by atoms with Crippen molar-refractivity contribution >= 4 is 205 Å². The largest absolute Gasteiger partial charge is 0.505 e. The summed E-state index contributed by atoms with van der Waals surface area (Å²) >= 11 is 68.8. The lowest BCUT2D eigenvalue weighted by Gasteiger charge is -2.24. The van der Waals surface area contributed by atoms with Crippen molar-refractivity contribution in [1.82, 2.24) is 0 Å². The number of halogens is 12. The number of carbonyl (C=O) groups excluding carboxylic acids is 4. The van der Waals surface area contributed by atoms with Crippen molar-refractivity contribution in [2.45, 2.75) is 55.4 Å². The van der Waals surface area contributed by atoms with Crippen LogP contribution in [0.1, 0.15) is 44.5 Å². The lowest BCUT2D eigenvalue weighted by molar-refractivity contribution is -0.118. The van der Waals surface area contributed by atoms with Crippen LogP contribution >= 0.6 is 139 Å². The minimum atomic E-state index is -0.508. The number of nitrogens with zero attached hydrogens (tertiary/aromatic N) is 1. The van der Waals surface area contributed by atoms with Gasteiger partial charge in [0.1, 0.15) is 11.8 Å². The Bertz CT molecular complexity index is 3450. The molecule has 3 radical (unpaired) electrons. The van der Waals surface area contributed by atoms with Crippen LogP contribution in [0, 0.1) is 55.4 Å². The summed E-state index contributed by atoms with van der Waals surface area (Å²) < 4.78 is 5.40. The number of aryl methyl sites for hydroxylation is 8. The molecule has 0 heterocycles. The summed E-state index contributed by atoms with van der Waals surface area (Å²) in [5.41, 5.74) is 12.8. The van der Waals surface area contributed by atoms with Crippen molar-refractivity contribution in [2.24, 2.45) is 0 Å². The Morgan fingerprint density at radius 3 is 1.10 bits per heavy atom. The van der Waals surface area contributed by atoms with Gasteiger partial charge in [-0.1, -0.05) is 164 Å². The number of phenolic OH excluding ortho intramolecular Hbond substituents is 1. The minimum Gasteiger partial charge on any atom is -0.505 e. The van der Waals surface area contributed by atoms with Crippen molar-refractivity contribution < 1.29 is 29.0 Å². The highest BCUT2D eigenvalue weighted by Crippen LogP contribution is 2.40. The predicted molar refractivity (Wildman–Crippen MR) is 373 cm³/mol. The molecule has 0 unspecified atom stereocenters. The smallest absolute Gasteiger partial charge is 0.262 e. The molecule has 0 fully saturated rings. The second kappa shape index (κ2) is 39.7. The van der Waals surface area contributed by atoms with Gasteiger partial charge in [-0.3, -0.25) is 24.1 Å². The third kappa shape index (κ3) is 28.0. The van der Waals surface area contributed by atoms with Crippen LogP contribution < -0.4 is 25.6 Å². The van der Waals surface area contributed by atoms with Gasteiger partial charge in [0.15, 0.2) is 18.1 Å². The van der Waals surface area contributed by atoms with E-state index in [-0.39, 0.29) is 56.1 Å². The molecule has 0 aliphatic rings. The molecular formula is C64H60BCl12N4O6. The molecule has 0 atom stereocenters. The third-order valence-corrected chi connectivity index (χ3v) is 14.4. The van der Waals surface area contributed by atoms with E-state index in [9.17, 15) is 19.2 Å². The summed E-state index contributed by atoms with van der Waals surface area (Å²) in [4.78, 5) is 45.8. The van der Waals surface area contributed by atoms with Crippen LogP contribution in [0.4, 0.5) is 34.1 Å². The van der Waals surface area contributed by atoms with Crippen molar-refractivity contribution in [3.05, 3.63) is 230 Å². The minimum absolute atomic E-state index is 0. The lowest BCUT2D eigenvalue weighted by Crippen LogP contribution is -2.27. The molecule has 0 aliphatic heterocycles. The Morgan fingerprint density at radius 1 is 0.425 bits per heavy atom. The average Bonchev–Trinajstić information content (AvgIpc) is 1.49. The number of amides is 3. The van der Waals surface area contributed by atoms with E-state index in [1.165, 1.54) is 16.0 Å². The number of benzene rings is 8. The summed E-state index contributed by atoms with van der Waals surface area (Å²) in [7, 11) is 0. The highest BCUT2D eigenvalue weighted by Gasteiger charge is 2.23. The van der Waals surface area contributed by atoms with Crippen molar-refractivity contribution in [2.75, 3.05) is 45.1 Å². The highest BCUT2D eigenvalue weighted by molar-refractivity contribution is 6.67. The van der Waals surface area contributed by atoms with E-state index in [4.69, 9.17) is 149 Å². The van der Waals surface area contributed by atoms with Gasteiger partial charge in [-0.2, -0.15) is 0 Å². The molecular weight excluding hydrogens is 1360 g/mol. The third-order valence-electron chi connectivity index (χ3n) is 11.1. The number of carbonyl (C=O) groups is 4. The molecule has 459 valence electrons. The van der Waals surface area contributed by atoms with Crippen LogP contribution in [0.3, 0.4) is 0 Å². The second-order valence-electron chi connectivity index (χ2n) is 18.7. The second-order valence-corrected chi connectivity index (χ2v) is 23.2. The highest BCUT2D eigenvalue weighted by atomic mass is 35.5. The fourth-order valence-electron chi connectivity index (χ4n) is 6.98. The summed E-state index contributed by atoms with van der Waals surface area (Å²) in [6.07, 6.45) is 0. The maximum Gasteiger partial charge on any atom is 0.262 e. The summed E-state index contributed by atoms with van der Waals surface area (Å²) in [5, 5.41) is 20.7. The Kier molecular flexibility index (Phi) is 35.6. The number of hydrogen-bond acceptors (Lipinski definition) is 7. The van der Waals surface area contributed by atoms with Gasteiger partial charge in [0.25, 0.3) is 5.91 Å². The van der Waals surface area contributed by atoms with E-state index in [1.807, 2.05) is 158 Å². The van der Waals surface area contributed by atoms with Gasteiger partial charge < -0.3 is 25.8 Å². The molecule has 10 nitrogen and oxygen atoms in total. The maximum atomic E-state index is 12.3. The SMILES string of the molecule is Cc1cc(Cl)c(O)c(Cl)c1.Cc1ccc(N(C(=O)CCl)c2c(Cl)cc(C)cc2Cl)cc1.Cc1ccc(NC(=O)CCl)cc1.Cc1ccc(NC(=O)COc2c(Cl)cc(C)cc2Cl)cc1.Cc1ccc(Nc2c(Cl)cc(C)cc2Cl)cc1.O=C(Cl)CCl.[B]. The Morgan fingerprint density at radius 2 is 0.747 bits per heavy atom. The van der Waals surface area contributed by atoms with Crippen molar-refractivity contribution in [3.63, 3.8) is 0 Å². The van der Waals surface area contributed by atoms with Crippen LogP contribution in [-0.4, -0.2) is 60.7 Å². The monoisotopic (exact) mass is 1410 g/mol. The Balaban J connectivity index is 0.000000370. The van der Waals surface area contributed by atoms with E-state index in [2.05, 4.69) is 22.9 Å². The molecule has 8 aromatic rings. The van der Waals surface area contributed by atoms with Crippen LogP contribution in [0.25, 0.3) is 0 Å². The number of nitrogens with one attached hydrogen (secondary N) is 3. The van der Waals surface area contributed by atoms with E-state index < -0.39 is 5.24 Å². The maximum absolute atomic E-state index is 12.3. The van der Waals surface area contributed by atoms with Crippen LogP contribution in [0.15, 0.2) is 146 Å². The quantitative estimate of drug-likeness (QED) is 0.0543. The van der Waals surface area contributed by atoms with Crippen LogP contribution in [-0.2, 0) is 19.2 Å². The number of hydrogen-bond donors (Lipinski definition) is 4. The standard InChI is InChI=1S/C16H14Cl3NO.C16H15Cl2NO2.C14H13Cl2N.C9H10ClNO.C7H6Cl2O.C2H2Cl2O.B/c1-10-3-5-12(6-4-10)20(15(21)9-17)16-13(18)7-11(2)8-14(16)19;1-10-3-5-12(6-4-10)19-15(20)9-21-16-13(17)7-11(2)8-14(16)18;1-9-3-5-11(6-4-9)17-14-12(15)7-10(2)8-13(14)16;1-7-2-4-8(5-3-7)11-9(12)6-10;1-4-2-5(8)7(10)6(9)3-4;3-1-2(4)5;/h3-8H,9H2,1-2H3;3-8H,9H2,1-2H3,(H,19,20);3-8,17H,1-2H3;2-5H,6H2,1H3,(H,11,12);2-3,10H,1H3;1H2;. The molecule has 0 saturated carbocycles. The van der Waals surface area contributed by atoms with Gasteiger partial charge in [0, 0.05) is 31.2 Å². The number of alkyl halides is 3. The number of aromatic hydroxyl groups is 1. The number of rotatable bonds is 12. The number of ether oxygens (including phenoxy) is 1. The number of anilines is 6. The molecule has 8 rings (SSSR count). The van der Waals surface area contributed by atoms with Gasteiger partial charge in [-0.15, -0.1) is 34.8 Å². The van der Waals surface area contributed by atoms with Crippen molar-refractivity contribution in [1.29, 1.82) is 0 Å². The molecule has 0 aliphatic carbocycles. The fourth-order valence-corrected chi connectivity index (χ4v) is 9.92. The average molecular weight is 1420 g/mol. The summed E-state index contributed by atoms with van der Waals surface area (Å²) in [6, 6.07) is 44.8. The molecule has 3 amide bonds. The zero-order chi connectivity index (χ0) is 64.4. The first-order valence-corrected chi connectivity index (χ1v) is 30.5. The fraction of sp³-hybridized carbons (Fsp3) is 0.188. The normalized spacial score (nSPS) is 9.93. The van der Waals surface area contributed by atoms with E-state index in [0.717, 1.165) is 56.1 Å². The number of phenols is 1. The molecule has 4 N–H and O–H groups in total. The summed E-state index contributed by atoms with van der Waals surface area (Å²) in [6.45, 7) is 15.4. The Hall–Kier alpha value is -5.22. The van der Waals surface area contributed by atoms with Gasteiger partial charge >= 0.3 is 0 Å². The van der Waals surface area contributed by atoms with E-state index in [1.54, 1.807) is 36.4 Å². The van der Waals surface area contributed by atoms with Gasteiger partial charge in [0.2, 0.25) is 17.1 Å². The lowest BCUT2D eigenvalue weighted by atomic mass is 10.1. The molecule has 0 saturated heterocycles. The van der Waals surface area contributed by atoms with Gasteiger partial charge in [0.05, 0.1) is 57.4 Å². The van der Waals surface area contributed by atoms with Crippen LogP contribution in [0.5, 0.6) is 11.5 Å².